The molecule has 0 amide bonds. The minimum Gasteiger partial charge on any atom is -0.469 e. The molecule has 0 radical (unpaired) electrons. The van der Waals surface area contributed by atoms with Crippen LogP contribution < -0.4 is 10.1 Å². The number of nitrogens with zero attached hydrogens (tertiary/aromatic N) is 4. The largest absolute Gasteiger partial charge is 0.469 e. The van der Waals surface area contributed by atoms with E-state index in [0.717, 1.165) is 27.5 Å². The fraction of sp³-hybridized carbons (Fsp3) is 0.128. The second kappa shape index (κ2) is 13.5. The molecule has 0 bridgehead atoms. The van der Waals surface area contributed by atoms with E-state index in [1.807, 2.05) is 89.5 Å². The van der Waals surface area contributed by atoms with E-state index in [4.69, 9.17) is 24.4 Å². The zero-order valence-electron chi connectivity index (χ0n) is 25.9. The van der Waals surface area contributed by atoms with E-state index in [0.29, 0.717) is 35.7 Å². The zero-order chi connectivity index (χ0) is 32.0. The first-order chi connectivity index (χ1) is 23.1. The van der Waals surface area contributed by atoms with Crippen molar-refractivity contribution in [1.29, 1.82) is 0 Å². The molecule has 1 atom stereocenters. The van der Waals surface area contributed by atoms with Crippen molar-refractivity contribution in [3.05, 3.63) is 145 Å². The van der Waals surface area contributed by atoms with Gasteiger partial charge >= 0.3 is 12.0 Å². The molecule has 0 fully saturated rings. The number of esters is 1. The second-order valence-electron chi connectivity index (χ2n) is 11.4. The second-order valence-corrected chi connectivity index (χ2v) is 11.4. The summed E-state index contributed by atoms with van der Waals surface area (Å²) in [6, 6.07) is 42.7. The molecule has 2 heterocycles. The van der Waals surface area contributed by atoms with Crippen molar-refractivity contribution in [2.75, 3.05) is 12.4 Å². The van der Waals surface area contributed by atoms with Gasteiger partial charge in [-0.2, -0.15) is 9.97 Å². The molecular formula is C39H33N5O3. The average Bonchev–Trinajstić information content (AvgIpc) is 3.51. The lowest BCUT2D eigenvalue weighted by atomic mass is 10.0. The Labute approximate surface area is 272 Å². The molecule has 2 aromatic heterocycles. The van der Waals surface area contributed by atoms with Gasteiger partial charge in [0.15, 0.2) is 17.0 Å². The smallest absolute Gasteiger partial charge is 0.326 e. The first-order valence-corrected chi connectivity index (χ1v) is 15.5. The molecule has 47 heavy (non-hydrogen) atoms. The topological polar surface area (TPSA) is 91.2 Å². The van der Waals surface area contributed by atoms with Gasteiger partial charge in [0.25, 0.3) is 0 Å². The Bertz CT molecular complexity index is 2130. The normalized spacial score (nSPS) is 11.8. The minimum absolute atomic E-state index is 0.145. The highest BCUT2D eigenvalue weighted by molar-refractivity contribution is 5.85. The molecule has 232 valence electrons. The summed E-state index contributed by atoms with van der Waals surface area (Å²) in [6.45, 7) is 0.549. The standard InChI is InChI=1S/C39H33N5O3/c1-46-35(45)24-33(22-27-10-4-2-5-11-27)41-37-36-38(43-39(42-37)47-34-21-20-30-14-8-9-15-32(30)23-34)44(26-40-36)25-28-16-18-31(19-17-28)29-12-6-3-7-13-29/h2-21,23,26,33H,22,24-25H2,1H3,(H,41,42,43)/t33-/m0/s1. The Morgan fingerprint density at radius 2 is 1.47 bits per heavy atom. The molecule has 0 spiro atoms. The average molecular weight is 620 g/mol. The molecule has 8 heteroatoms. The van der Waals surface area contributed by atoms with Gasteiger partial charge in [0.05, 0.1) is 26.4 Å². The highest BCUT2D eigenvalue weighted by Gasteiger charge is 2.21. The van der Waals surface area contributed by atoms with E-state index in [1.54, 1.807) is 6.33 Å². The summed E-state index contributed by atoms with van der Waals surface area (Å²) in [5.41, 5.74) is 5.70. The van der Waals surface area contributed by atoms with Gasteiger partial charge in [-0.15, -0.1) is 0 Å². The summed E-state index contributed by atoms with van der Waals surface area (Å²) in [5.74, 6) is 0.779. The van der Waals surface area contributed by atoms with E-state index in [2.05, 4.69) is 47.8 Å². The third-order valence-corrected chi connectivity index (χ3v) is 8.09. The van der Waals surface area contributed by atoms with Crippen molar-refractivity contribution < 1.29 is 14.3 Å². The lowest BCUT2D eigenvalue weighted by Gasteiger charge is -2.19. The Hall–Kier alpha value is -6.02. The maximum absolute atomic E-state index is 12.5. The fourth-order valence-corrected chi connectivity index (χ4v) is 5.70. The van der Waals surface area contributed by atoms with Gasteiger partial charge in [0.2, 0.25) is 0 Å². The van der Waals surface area contributed by atoms with Crippen LogP contribution in [-0.4, -0.2) is 38.6 Å². The molecule has 0 unspecified atom stereocenters. The van der Waals surface area contributed by atoms with Crippen LogP contribution in [-0.2, 0) is 22.5 Å². The van der Waals surface area contributed by atoms with E-state index < -0.39 is 0 Å². The number of ether oxygens (including phenoxy) is 2. The molecule has 0 aliphatic rings. The van der Waals surface area contributed by atoms with Crippen LogP contribution in [0.3, 0.4) is 0 Å². The van der Waals surface area contributed by atoms with E-state index in [1.165, 1.54) is 12.7 Å². The highest BCUT2D eigenvalue weighted by Crippen LogP contribution is 2.29. The van der Waals surface area contributed by atoms with Crippen molar-refractivity contribution in [2.24, 2.45) is 0 Å². The van der Waals surface area contributed by atoms with Crippen molar-refractivity contribution in [1.82, 2.24) is 19.5 Å². The van der Waals surface area contributed by atoms with Crippen LogP contribution in [0, 0.1) is 0 Å². The van der Waals surface area contributed by atoms with Crippen molar-refractivity contribution in [2.45, 2.75) is 25.4 Å². The molecule has 5 aromatic carbocycles. The number of carbonyl (C=O) groups is 1. The van der Waals surface area contributed by atoms with Crippen LogP contribution in [0.15, 0.2) is 134 Å². The van der Waals surface area contributed by atoms with Gasteiger partial charge in [-0.1, -0.05) is 115 Å². The van der Waals surface area contributed by atoms with Crippen LogP contribution in [0.1, 0.15) is 17.5 Å². The molecule has 0 saturated heterocycles. The van der Waals surface area contributed by atoms with E-state index in [-0.39, 0.29) is 24.4 Å². The van der Waals surface area contributed by atoms with Crippen LogP contribution in [0.2, 0.25) is 0 Å². The number of aromatic nitrogens is 4. The lowest BCUT2D eigenvalue weighted by Crippen LogP contribution is -2.27. The van der Waals surface area contributed by atoms with Crippen LogP contribution in [0.4, 0.5) is 5.82 Å². The monoisotopic (exact) mass is 619 g/mol. The van der Waals surface area contributed by atoms with Crippen molar-refractivity contribution in [3.63, 3.8) is 0 Å². The molecule has 0 saturated carbocycles. The number of hydrogen-bond acceptors (Lipinski definition) is 7. The quantitative estimate of drug-likeness (QED) is 0.146. The van der Waals surface area contributed by atoms with Gasteiger partial charge in [-0.25, -0.2) is 4.98 Å². The van der Waals surface area contributed by atoms with Crippen LogP contribution in [0.25, 0.3) is 33.1 Å². The van der Waals surface area contributed by atoms with Gasteiger partial charge in [0, 0.05) is 6.04 Å². The van der Waals surface area contributed by atoms with Crippen molar-refractivity contribution >= 4 is 33.7 Å². The van der Waals surface area contributed by atoms with Crippen molar-refractivity contribution in [3.8, 4) is 22.9 Å². The minimum atomic E-state index is -0.319. The fourth-order valence-electron chi connectivity index (χ4n) is 5.70. The highest BCUT2D eigenvalue weighted by atomic mass is 16.5. The third kappa shape index (κ3) is 6.97. The number of benzene rings is 5. The Kier molecular flexibility index (Phi) is 8.55. The maximum Gasteiger partial charge on any atom is 0.326 e. The predicted octanol–water partition coefficient (Wildman–Crippen LogP) is 8.07. The molecule has 8 nitrogen and oxygen atoms in total. The number of nitrogens with one attached hydrogen (secondary N) is 1. The zero-order valence-corrected chi connectivity index (χ0v) is 25.9. The van der Waals surface area contributed by atoms with Gasteiger partial charge < -0.3 is 19.4 Å². The van der Waals surface area contributed by atoms with E-state index in [9.17, 15) is 4.79 Å². The third-order valence-electron chi connectivity index (χ3n) is 8.09. The van der Waals surface area contributed by atoms with Crippen LogP contribution in [0.5, 0.6) is 11.8 Å². The number of carbonyl (C=O) groups excluding carboxylic acids is 1. The molecule has 7 rings (SSSR count). The number of rotatable bonds is 11. The lowest BCUT2D eigenvalue weighted by molar-refractivity contribution is -0.140. The number of hydrogen-bond donors (Lipinski definition) is 1. The molecule has 7 aromatic rings. The SMILES string of the molecule is COC(=O)C[C@H](Cc1ccccc1)Nc1nc(Oc2ccc3ccccc3c2)nc2c1ncn2Cc1ccc(-c2ccccc2)cc1. The number of fused-ring (bicyclic) bond motifs is 2. The first kappa shape index (κ1) is 29.7. The Balaban J connectivity index is 1.24. The van der Waals surface area contributed by atoms with Gasteiger partial charge in [-0.05, 0) is 51.6 Å². The van der Waals surface area contributed by atoms with E-state index >= 15 is 0 Å². The molecule has 0 aliphatic heterocycles. The summed E-state index contributed by atoms with van der Waals surface area (Å²) in [7, 11) is 1.40. The number of methoxy groups -OCH3 is 1. The molecular weight excluding hydrogens is 586 g/mol. The summed E-state index contributed by atoms with van der Waals surface area (Å²) in [6.07, 6.45) is 2.49. The molecule has 0 aliphatic carbocycles. The number of imidazole rings is 1. The summed E-state index contributed by atoms with van der Waals surface area (Å²) >= 11 is 0. The molecule has 1 N–H and O–H groups in total. The Morgan fingerprint density at radius 3 is 2.23 bits per heavy atom. The summed E-state index contributed by atoms with van der Waals surface area (Å²) in [5, 5.41) is 5.65. The van der Waals surface area contributed by atoms with Crippen LogP contribution >= 0.6 is 0 Å². The summed E-state index contributed by atoms with van der Waals surface area (Å²) < 4.78 is 13.3. The number of anilines is 1. The predicted molar refractivity (Wildman–Crippen MR) is 185 cm³/mol. The summed E-state index contributed by atoms with van der Waals surface area (Å²) in [4.78, 5) is 26.8. The Morgan fingerprint density at radius 1 is 0.766 bits per heavy atom. The van der Waals surface area contributed by atoms with Gasteiger partial charge in [-0.3, -0.25) is 4.79 Å². The maximum atomic E-state index is 12.5. The van der Waals surface area contributed by atoms with Gasteiger partial charge in [0.1, 0.15) is 5.75 Å². The first-order valence-electron chi connectivity index (χ1n) is 15.5.